The van der Waals surface area contributed by atoms with Crippen LogP contribution in [0.4, 0.5) is 0 Å². The molecule has 1 aromatic rings. The Kier molecular flexibility index (Phi) is 1.73. The first kappa shape index (κ1) is 6.14. The summed E-state index contributed by atoms with van der Waals surface area (Å²) in [6.07, 6.45) is 0. The lowest BCUT2D eigenvalue weighted by atomic mass is 10.2. The predicted octanol–water partition coefficient (Wildman–Crippen LogP) is 2.17. The molecule has 0 unspecified atom stereocenters. The Bertz CT molecular complexity index is 194. The second-order valence-electron chi connectivity index (χ2n) is 1.96. The van der Waals surface area contributed by atoms with Gasteiger partial charge in [0.25, 0.3) is 0 Å². The van der Waals surface area contributed by atoms with E-state index < -0.39 is 0 Å². The Balaban J connectivity index is 2.94. The van der Waals surface area contributed by atoms with E-state index in [0.717, 1.165) is 5.75 Å². The second kappa shape index (κ2) is 2.53. The number of benzene rings is 1. The lowest BCUT2D eigenvalue weighted by Gasteiger charge is -1.97. The summed E-state index contributed by atoms with van der Waals surface area (Å²) in [4.78, 5) is 0. The third kappa shape index (κ3) is 1.46. The van der Waals surface area contributed by atoms with Crippen LogP contribution < -0.4 is 4.74 Å². The minimum Gasteiger partial charge on any atom is -0.490 e. The highest BCUT2D eigenvalue weighted by molar-refractivity contribution is 5.27. The summed E-state index contributed by atoms with van der Waals surface area (Å²) in [7, 11) is 3.30. The molecule has 1 heteroatoms. The predicted molar refractivity (Wildman–Crippen MR) is 37.2 cm³/mol. The van der Waals surface area contributed by atoms with Crippen LogP contribution in [0.3, 0.4) is 0 Å². The van der Waals surface area contributed by atoms with E-state index >= 15 is 0 Å². The fourth-order valence-corrected chi connectivity index (χ4v) is 0.705. The van der Waals surface area contributed by atoms with Crippen LogP contribution in [0.2, 0.25) is 0 Å². The Hall–Kier alpha value is -0.980. The summed E-state index contributed by atoms with van der Waals surface area (Å²) in [5, 5.41) is 0. The zero-order valence-electron chi connectivity index (χ0n) is 5.42. The van der Waals surface area contributed by atoms with Gasteiger partial charge in [0.05, 0.1) is 0 Å². The molecule has 1 nitrogen and oxygen atoms in total. The average Bonchev–Trinajstić information content (AvgIpc) is 1.88. The van der Waals surface area contributed by atoms with E-state index in [4.69, 9.17) is 4.74 Å². The standard InChI is InChI=1S/C8H9O/c1-7-4-3-5-8(6-7)9-2/h3-6H,2H2,1H3. The van der Waals surface area contributed by atoms with Crippen molar-refractivity contribution in [3.8, 4) is 5.75 Å². The highest BCUT2D eigenvalue weighted by atomic mass is 16.5. The van der Waals surface area contributed by atoms with Gasteiger partial charge in [-0.3, -0.25) is 0 Å². The number of ether oxygens (including phenoxy) is 1. The molecule has 0 aromatic heterocycles. The molecule has 0 spiro atoms. The van der Waals surface area contributed by atoms with Gasteiger partial charge in [-0.1, -0.05) is 12.1 Å². The van der Waals surface area contributed by atoms with Crippen molar-refractivity contribution in [2.24, 2.45) is 0 Å². The Morgan fingerprint density at radius 1 is 1.44 bits per heavy atom. The highest BCUT2D eigenvalue weighted by Gasteiger charge is 1.86. The highest BCUT2D eigenvalue weighted by Crippen LogP contribution is 2.10. The van der Waals surface area contributed by atoms with Crippen molar-refractivity contribution in [1.82, 2.24) is 0 Å². The molecule has 0 amide bonds. The maximum Gasteiger partial charge on any atom is 0.122 e. The SMILES string of the molecule is [CH2]Oc1cccc(C)c1. The molecule has 0 bridgehead atoms. The third-order valence-corrected chi connectivity index (χ3v) is 1.16. The first-order chi connectivity index (χ1) is 4.33. The minimum atomic E-state index is 0.815. The van der Waals surface area contributed by atoms with Crippen molar-refractivity contribution in [3.05, 3.63) is 36.9 Å². The lowest BCUT2D eigenvalue weighted by molar-refractivity contribution is 0.472. The summed E-state index contributed by atoms with van der Waals surface area (Å²) >= 11 is 0. The monoisotopic (exact) mass is 121 g/mol. The molecule has 47 valence electrons. The summed E-state index contributed by atoms with van der Waals surface area (Å²) in [5.74, 6) is 0.815. The molecule has 0 saturated carbocycles. The lowest BCUT2D eigenvalue weighted by Crippen LogP contribution is -1.78. The molecule has 0 N–H and O–H groups in total. The van der Waals surface area contributed by atoms with Gasteiger partial charge in [0, 0.05) is 0 Å². The van der Waals surface area contributed by atoms with Crippen LogP contribution in [-0.4, -0.2) is 0 Å². The van der Waals surface area contributed by atoms with Crippen LogP contribution in [0.5, 0.6) is 5.75 Å². The van der Waals surface area contributed by atoms with E-state index in [9.17, 15) is 0 Å². The van der Waals surface area contributed by atoms with Crippen LogP contribution in [0.15, 0.2) is 24.3 Å². The smallest absolute Gasteiger partial charge is 0.122 e. The molecule has 1 radical (unpaired) electrons. The quantitative estimate of drug-likeness (QED) is 0.553. The molecule has 1 rings (SSSR count). The van der Waals surface area contributed by atoms with Gasteiger partial charge < -0.3 is 4.74 Å². The van der Waals surface area contributed by atoms with E-state index in [1.54, 1.807) is 0 Å². The van der Waals surface area contributed by atoms with Crippen LogP contribution in [-0.2, 0) is 0 Å². The Morgan fingerprint density at radius 2 is 2.22 bits per heavy atom. The number of hydrogen-bond donors (Lipinski definition) is 0. The number of rotatable bonds is 1. The summed E-state index contributed by atoms with van der Waals surface area (Å²) in [5.41, 5.74) is 1.19. The average molecular weight is 121 g/mol. The van der Waals surface area contributed by atoms with Gasteiger partial charge in [0.1, 0.15) is 12.9 Å². The van der Waals surface area contributed by atoms with Gasteiger partial charge in [0.15, 0.2) is 0 Å². The van der Waals surface area contributed by atoms with Crippen molar-refractivity contribution in [1.29, 1.82) is 0 Å². The molecule has 0 fully saturated rings. The fraction of sp³-hybridized carbons (Fsp3) is 0.125. The normalized spacial score (nSPS) is 9.11. The van der Waals surface area contributed by atoms with Gasteiger partial charge >= 0.3 is 0 Å². The first-order valence-corrected chi connectivity index (χ1v) is 2.81. The number of hydrogen-bond acceptors (Lipinski definition) is 1. The van der Waals surface area contributed by atoms with Crippen molar-refractivity contribution in [2.45, 2.75) is 6.92 Å². The molecule has 1 aromatic carbocycles. The van der Waals surface area contributed by atoms with Crippen LogP contribution in [0.25, 0.3) is 0 Å². The van der Waals surface area contributed by atoms with Gasteiger partial charge in [-0.25, -0.2) is 0 Å². The van der Waals surface area contributed by atoms with E-state index in [1.165, 1.54) is 5.56 Å². The maximum absolute atomic E-state index is 4.74. The van der Waals surface area contributed by atoms with E-state index in [2.05, 4.69) is 7.11 Å². The summed E-state index contributed by atoms with van der Waals surface area (Å²) < 4.78 is 4.74. The third-order valence-electron chi connectivity index (χ3n) is 1.16. The molecule has 0 aliphatic heterocycles. The van der Waals surface area contributed by atoms with Gasteiger partial charge in [0.2, 0.25) is 0 Å². The number of aryl methyl sites for hydroxylation is 1. The van der Waals surface area contributed by atoms with Gasteiger partial charge in [-0.2, -0.15) is 0 Å². The van der Waals surface area contributed by atoms with E-state index in [-0.39, 0.29) is 0 Å². The van der Waals surface area contributed by atoms with Crippen molar-refractivity contribution in [3.63, 3.8) is 0 Å². The van der Waals surface area contributed by atoms with Gasteiger partial charge in [-0.05, 0) is 24.6 Å². The van der Waals surface area contributed by atoms with Crippen LogP contribution >= 0.6 is 0 Å². The van der Waals surface area contributed by atoms with Crippen molar-refractivity contribution < 1.29 is 4.74 Å². The second-order valence-corrected chi connectivity index (χ2v) is 1.96. The summed E-state index contributed by atoms with van der Waals surface area (Å²) in [6, 6.07) is 7.77. The van der Waals surface area contributed by atoms with E-state index in [0.29, 0.717) is 0 Å². The zero-order chi connectivity index (χ0) is 6.69. The largest absolute Gasteiger partial charge is 0.490 e. The van der Waals surface area contributed by atoms with Crippen molar-refractivity contribution >= 4 is 0 Å². The molecule has 0 atom stereocenters. The van der Waals surface area contributed by atoms with Crippen LogP contribution in [0.1, 0.15) is 5.56 Å². The molecule has 9 heavy (non-hydrogen) atoms. The van der Waals surface area contributed by atoms with E-state index in [1.807, 2.05) is 31.2 Å². The molecule has 0 aliphatic rings. The molecule has 0 aliphatic carbocycles. The maximum atomic E-state index is 4.74. The topological polar surface area (TPSA) is 9.23 Å². The fourth-order valence-electron chi connectivity index (χ4n) is 0.705. The Labute approximate surface area is 55.3 Å². The van der Waals surface area contributed by atoms with Gasteiger partial charge in [-0.15, -0.1) is 0 Å². The first-order valence-electron chi connectivity index (χ1n) is 2.81. The zero-order valence-corrected chi connectivity index (χ0v) is 5.42. The minimum absolute atomic E-state index is 0.815. The summed E-state index contributed by atoms with van der Waals surface area (Å²) in [6.45, 7) is 2.02. The Morgan fingerprint density at radius 3 is 2.67 bits per heavy atom. The van der Waals surface area contributed by atoms with Crippen LogP contribution in [0, 0.1) is 14.0 Å². The molecular weight excluding hydrogens is 112 g/mol. The molecule has 0 saturated heterocycles. The molecule has 0 heterocycles. The molecular formula is C8H9O. The van der Waals surface area contributed by atoms with Crippen molar-refractivity contribution in [2.75, 3.05) is 0 Å².